The zero-order valence-corrected chi connectivity index (χ0v) is 18.0. The Bertz CT molecular complexity index is 1050. The number of thioether (sulfide) groups is 1. The first-order chi connectivity index (χ1) is 15.5. The van der Waals surface area contributed by atoms with E-state index in [1.807, 2.05) is 48.5 Å². The van der Waals surface area contributed by atoms with Gasteiger partial charge in [-0.25, -0.2) is 9.59 Å². The molecule has 0 radical (unpaired) electrons. The molecule has 2 atom stereocenters. The molecule has 0 spiro atoms. The molecule has 8 heteroatoms. The molecule has 2 amide bonds. The second-order valence-electron chi connectivity index (χ2n) is 7.59. The molecule has 1 saturated heterocycles. The van der Waals surface area contributed by atoms with Crippen LogP contribution in [0.2, 0.25) is 0 Å². The van der Waals surface area contributed by atoms with Gasteiger partial charge in [0.05, 0.1) is 5.88 Å². The molecule has 1 aliphatic carbocycles. The van der Waals surface area contributed by atoms with E-state index in [9.17, 15) is 19.5 Å². The molecule has 0 saturated carbocycles. The number of nitrogens with one attached hydrogen (secondary N) is 1. The predicted molar refractivity (Wildman–Crippen MR) is 121 cm³/mol. The number of fused-ring (bicyclic) bond motifs is 3. The fraction of sp³-hybridized carbons (Fsp3) is 0.292. The third kappa shape index (κ3) is 4.16. The Kier molecular flexibility index (Phi) is 6.37. The minimum absolute atomic E-state index is 0.0590. The molecular weight excluding hydrogens is 428 g/mol. The van der Waals surface area contributed by atoms with Crippen molar-refractivity contribution >= 4 is 29.7 Å². The topological polar surface area (TPSA) is 95.9 Å². The molecule has 7 nitrogen and oxygen atoms in total. The Balaban J connectivity index is 1.43. The maximum Gasteiger partial charge on any atom is 0.407 e. The third-order valence-electron chi connectivity index (χ3n) is 5.71. The monoisotopic (exact) mass is 450 g/mol. The maximum atomic E-state index is 12.9. The number of amides is 2. The van der Waals surface area contributed by atoms with Crippen molar-refractivity contribution in [3.63, 3.8) is 0 Å². The number of benzene rings is 2. The second kappa shape index (κ2) is 9.37. The van der Waals surface area contributed by atoms with E-state index in [0.717, 1.165) is 22.3 Å². The van der Waals surface area contributed by atoms with Crippen LogP contribution in [0.1, 0.15) is 23.5 Å². The van der Waals surface area contributed by atoms with Gasteiger partial charge in [0.2, 0.25) is 5.91 Å². The summed E-state index contributed by atoms with van der Waals surface area (Å²) in [5.41, 5.74) is 4.39. The van der Waals surface area contributed by atoms with E-state index in [-0.39, 0.29) is 24.8 Å². The van der Waals surface area contributed by atoms with Crippen LogP contribution in [0.15, 0.2) is 48.5 Å². The van der Waals surface area contributed by atoms with Crippen LogP contribution in [-0.2, 0) is 14.3 Å². The van der Waals surface area contributed by atoms with Crippen LogP contribution in [0.4, 0.5) is 4.79 Å². The first-order valence-electron chi connectivity index (χ1n) is 10.2. The molecule has 2 N–H and O–H groups in total. The molecule has 1 fully saturated rings. The lowest BCUT2D eigenvalue weighted by Crippen LogP contribution is -2.52. The number of alkyl carbamates (subject to hydrolysis) is 1. The Labute approximate surface area is 190 Å². The predicted octanol–water partition coefficient (Wildman–Crippen LogP) is 2.90. The molecule has 1 aliphatic heterocycles. The molecule has 0 aromatic heterocycles. The van der Waals surface area contributed by atoms with Gasteiger partial charge in [-0.3, -0.25) is 4.79 Å². The molecule has 1 heterocycles. The van der Waals surface area contributed by atoms with Crippen LogP contribution in [0, 0.1) is 12.3 Å². The van der Waals surface area contributed by atoms with Crippen LogP contribution in [-0.4, -0.2) is 58.3 Å². The molecular formula is C24H22N2O5S. The zero-order chi connectivity index (χ0) is 22.7. The number of ether oxygens (including phenoxy) is 1. The van der Waals surface area contributed by atoms with Gasteiger partial charge in [-0.15, -0.1) is 24.1 Å². The summed E-state index contributed by atoms with van der Waals surface area (Å²) in [6.45, 7) is 0.105. The number of aliphatic carboxylic acids is 1. The molecule has 2 aromatic carbocycles. The summed E-state index contributed by atoms with van der Waals surface area (Å²) in [5.74, 6) is 1.20. The normalized spacial score (nSPS) is 17.7. The van der Waals surface area contributed by atoms with Crippen molar-refractivity contribution in [2.45, 2.75) is 24.4 Å². The van der Waals surface area contributed by atoms with Crippen LogP contribution in [0.3, 0.4) is 0 Å². The summed E-state index contributed by atoms with van der Waals surface area (Å²) in [7, 11) is 0. The standard InChI is InChI=1S/C24H22N2O5S/c1-2-7-20(22(27)26-14-32-13-21(26)23(28)29)25-24(30)31-12-19-17-10-5-3-8-15(17)16-9-4-6-11-18(16)19/h1,3-6,8-11,19-21H,7,12-14H2,(H,25,30)(H,28,29)/t20?,21-/m0/s1. The van der Waals surface area contributed by atoms with Crippen molar-refractivity contribution in [1.29, 1.82) is 0 Å². The minimum Gasteiger partial charge on any atom is -0.480 e. The largest absolute Gasteiger partial charge is 0.480 e. The van der Waals surface area contributed by atoms with Crippen molar-refractivity contribution in [1.82, 2.24) is 10.2 Å². The summed E-state index contributed by atoms with van der Waals surface area (Å²) in [4.78, 5) is 38.1. The van der Waals surface area contributed by atoms with Gasteiger partial charge in [0, 0.05) is 18.1 Å². The van der Waals surface area contributed by atoms with Crippen molar-refractivity contribution in [2.24, 2.45) is 0 Å². The van der Waals surface area contributed by atoms with E-state index in [1.54, 1.807) is 0 Å². The van der Waals surface area contributed by atoms with Gasteiger partial charge in [0.25, 0.3) is 0 Å². The van der Waals surface area contributed by atoms with E-state index in [4.69, 9.17) is 11.2 Å². The molecule has 4 rings (SSSR count). The molecule has 1 unspecified atom stereocenters. The number of carbonyl (C=O) groups is 3. The highest BCUT2D eigenvalue weighted by Crippen LogP contribution is 2.44. The maximum absolute atomic E-state index is 12.9. The summed E-state index contributed by atoms with van der Waals surface area (Å²) in [6.07, 6.45) is 4.56. The van der Waals surface area contributed by atoms with Crippen molar-refractivity contribution < 1.29 is 24.2 Å². The first kappa shape index (κ1) is 21.8. The summed E-state index contributed by atoms with van der Waals surface area (Å²) < 4.78 is 5.49. The number of hydrogen-bond acceptors (Lipinski definition) is 5. The lowest BCUT2D eigenvalue weighted by Gasteiger charge is -2.25. The lowest BCUT2D eigenvalue weighted by molar-refractivity contribution is -0.148. The first-order valence-corrected chi connectivity index (χ1v) is 11.3. The van der Waals surface area contributed by atoms with Gasteiger partial charge in [-0.05, 0) is 22.3 Å². The highest BCUT2D eigenvalue weighted by molar-refractivity contribution is 7.99. The van der Waals surface area contributed by atoms with Crippen LogP contribution in [0.5, 0.6) is 0 Å². The molecule has 0 bridgehead atoms. The van der Waals surface area contributed by atoms with Gasteiger partial charge in [-0.2, -0.15) is 0 Å². The van der Waals surface area contributed by atoms with Crippen LogP contribution < -0.4 is 5.32 Å². The SMILES string of the molecule is C#CCC(NC(=O)OCC1c2ccccc2-c2ccccc21)C(=O)N1CSC[C@H]1C(=O)O. The van der Waals surface area contributed by atoms with Crippen molar-refractivity contribution in [3.8, 4) is 23.5 Å². The van der Waals surface area contributed by atoms with Crippen molar-refractivity contribution in [3.05, 3.63) is 59.7 Å². The molecule has 164 valence electrons. The minimum atomic E-state index is -1.08. The van der Waals surface area contributed by atoms with Crippen molar-refractivity contribution in [2.75, 3.05) is 18.2 Å². The highest BCUT2D eigenvalue weighted by Gasteiger charge is 2.38. The Morgan fingerprint density at radius 2 is 1.78 bits per heavy atom. The van der Waals surface area contributed by atoms with E-state index in [0.29, 0.717) is 5.75 Å². The zero-order valence-electron chi connectivity index (χ0n) is 17.2. The summed E-state index contributed by atoms with van der Waals surface area (Å²) >= 11 is 1.34. The molecule has 2 aliphatic rings. The van der Waals surface area contributed by atoms with E-state index in [1.165, 1.54) is 16.7 Å². The van der Waals surface area contributed by atoms with Gasteiger partial charge in [0.1, 0.15) is 18.7 Å². The summed E-state index contributed by atoms with van der Waals surface area (Å²) in [6, 6.07) is 14.0. The Hall–Kier alpha value is -3.44. The quantitative estimate of drug-likeness (QED) is 0.657. The number of terminal acetylenes is 1. The van der Waals surface area contributed by atoms with E-state index >= 15 is 0 Å². The number of hydrogen-bond donors (Lipinski definition) is 2. The van der Waals surface area contributed by atoms with Gasteiger partial charge >= 0.3 is 12.1 Å². The summed E-state index contributed by atoms with van der Waals surface area (Å²) in [5, 5.41) is 11.9. The van der Waals surface area contributed by atoms with Crippen LogP contribution in [0.25, 0.3) is 11.1 Å². The van der Waals surface area contributed by atoms with Gasteiger partial charge < -0.3 is 20.1 Å². The fourth-order valence-corrected chi connectivity index (χ4v) is 5.32. The van der Waals surface area contributed by atoms with Crippen LogP contribution >= 0.6 is 11.8 Å². The van der Waals surface area contributed by atoms with E-state index < -0.39 is 30.1 Å². The number of rotatable bonds is 6. The third-order valence-corrected chi connectivity index (χ3v) is 6.72. The van der Waals surface area contributed by atoms with E-state index in [2.05, 4.69) is 11.2 Å². The number of carboxylic acids is 1. The lowest BCUT2D eigenvalue weighted by atomic mass is 9.98. The fourth-order valence-electron chi connectivity index (χ4n) is 4.16. The number of nitrogens with zero attached hydrogens (tertiary/aromatic N) is 1. The average Bonchev–Trinajstić information content (AvgIpc) is 3.40. The average molecular weight is 451 g/mol. The van der Waals surface area contributed by atoms with Gasteiger partial charge in [0.15, 0.2) is 0 Å². The van der Waals surface area contributed by atoms with Gasteiger partial charge in [-0.1, -0.05) is 48.5 Å². The molecule has 32 heavy (non-hydrogen) atoms. The molecule has 2 aromatic rings. The smallest absolute Gasteiger partial charge is 0.407 e. The number of carboxylic acid groups (broad SMARTS) is 1. The Morgan fingerprint density at radius 1 is 1.16 bits per heavy atom. The number of carbonyl (C=O) groups excluding carboxylic acids is 2. The second-order valence-corrected chi connectivity index (χ2v) is 8.59. The Morgan fingerprint density at radius 3 is 2.38 bits per heavy atom. The highest BCUT2D eigenvalue weighted by atomic mass is 32.2.